The molecule has 0 saturated carbocycles. The van der Waals surface area contributed by atoms with Crippen molar-refractivity contribution in [2.75, 3.05) is 13.2 Å². The van der Waals surface area contributed by atoms with Gasteiger partial charge in [-0.1, -0.05) is 19.1 Å². The maximum absolute atomic E-state index is 12.6. The number of halogens is 4. The fraction of sp³-hybridized carbons (Fsp3) is 0.538. The van der Waals surface area contributed by atoms with Crippen LogP contribution in [0.5, 0.6) is 5.75 Å². The molecule has 0 fully saturated rings. The lowest BCUT2D eigenvalue weighted by Gasteiger charge is -2.15. The molecule has 0 aliphatic rings. The maximum Gasteiger partial charge on any atom is 0.319 e. The van der Waals surface area contributed by atoms with Crippen molar-refractivity contribution in [3.63, 3.8) is 0 Å². The van der Waals surface area contributed by atoms with Gasteiger partial charge in [0, 0.05) is 6.54 Å². The molecule has 0 amide bonds. The monoisotopic (exact) mass is 279 g/mol. The molecule has 0 aliphatic heterocycles. The second kappa shape index (κ2) is 7.33. The normalized spacial score (nSPS) is 11.9. The van der Waals surface area contributed by atoms with Gasteiger partial charge in [-0.25, -0.2) is 8.78 Å². The molecular formula is C13H17F4NO. The minimum atomic E-state index is -4.00. The average Bonchev–Trinajstić information content (AvgIpc) is 2.37. The number of ether oxygens (including phenoxy) is 1. The smallest absolute Gasteiger partial charge is 0.319 e. The van der Waals surface area contributed by atoms with Crippen molar-refractivity contribution in [1.29, 1.82) is 0 Å². The van der Waals surface area contributed by atoms with E-state index in [4.69, 9.17) is 4.74 Å². The average molecular weight is 279 g/mol. The Labute approximate surface area is 109 Å². The van der Waals surface area contributed by atoms with Gasteiger partial charge in [-0.05, 0) is 24.1 Å². The van der Waals surface area contributed by atoms with Crippen LogP contribution >= 0.6 is 0 Å². The third-order valence-electron chi connectivity index (χ3n) is 2.41. The Morgan fingerprint density at radius 1 is 1.21 bits per heavy atom. The van der Waals surface area contributed by atoms with Crippen molar-refractivity contribution in [3.05, 3.63) is 29.8 Å². The summed E-state index contributed by atoms with van der Waals surface area (Å²) in [6, 6.07) is 6.85. The number of benzene rings is 1. The molecule has 1 aromatic carbocycles. The zero-order valence-electron chi connectivity index (χ0n) is 10.6. The minimum Gasteiger partial charge on any atom is -0.494 e. The van der Waals surface area contributed by atoms with E-state index in [1.165, 1.54) is 0 Å². The van der Waals surface area contributed by atoms with Gasteiger partial charge in [0.25, 0.3) is 0 Å². The van der Waals surface area contributed by atoms with Crippen LogP contribution in [0.2, 0.25) is 0 Å². The molecule has 108 valence electrons. The van der Waals surface area contributed by atoms with Crippen molar-refractivity contribution in [3.8, 4) is 5.75 Å². The lowest BCUT2D eigenvalue weighted by Crippen LogP contribution is -2.38. The first-order valence-corrected chi connectivity index (χ1v) is 6.04. The van der Waals surface area contributed by atoms with Crippen LogP contribution in [0.4, 0.5) is 17.6 Å². The predicted molar refractivity (Wildman–Crippen MR) is 64.9 cm³/mol. The highest BCUT2D eigenvalue weighted by molar-refractivity contribution is 5.27. The second-order valence-corrected chi connectivity index (χ2v) is 4.16. The van der Waals surface area contributed by atoms with Crippen LogP contribution in [-0.4, -0.2) is 25.5 Å². The number of hydrogen-bond acceptors (Lipinski definition) is 2. The molecule has 0 saturated heterocycles. The zero-order chi connectivity index (χ0) is 14.3. The van der Waals surface area contributed by atoms with Gasteiger partial charge in [-0.3, -0.25) is 0 Å². The van der Waals surface area contributed by atoms with Gasteiger partial charge in [0.15, 0.2) is 0 Å². The van der Waals surface area contributed by atoms with Crippen LogP contribution in [0.15, 0.2) is 24.3 Å². The van der Waals surface area contributed by atoms with Gasteiger partial charge in [0.1, 0.15) is 5.75 Å². The highest BCUT2D eigenvalue weighted by Crippen LogP contribution is 2.21. The molecule has 0 aliphatic carbocycles. The molecule has 1 rings (SSSR count). The van der Waals surface area contributed by atoms with E-state index in [9.17, 15) is 17.6 Å². The summed E-state index contributed by atoms with van der Waals surface area (Å²) < 4.78 is 54.4. The Morgan fingerprint density at radius 2 is 1.84 bits per heavy atom. The van der Waals surface area contributed by atoms with Crippen LogP contribution < -0.4 is 10.1 Å². The summed E-state index contributed by atoms with van der Waals surface area (Å²) in [5.74, 6) is -3.30. The Balaban J connectivity index is 2.38. The van der Waals surface area contributed by atoms with Crippen molar-refractivity contribution in [2.24, 2.45) is 0 Å². The van der Waals surface area contributed by atoms with Gasteiger partial charge in [0.05, 0.1) is 13.2 Å². The van der Waals surface area contributed by atoms with E-state index in [1.807, 2.05) is 6.92 Å². The van der Waals surface area contributed by atoms with E-state index in [0.717, 1.165) is 12.0 Å². The van der Waals surface area contributed by atoms with Crippen molar-refractivity contribution >= 4 is 0 Å². The highest BCUT2D eigenvalue weighted by Gasteiger charge is 2.39. The lowest BCUT2D eigenvalue weighted by molar-refractivity contribution is -0.125. The second-order valence-electron chi connectivity index (χ2n) is 4.16. The van der Waals surface area contributed by atoms with Crippen LogP contribution in [-0.2, 0) is 6.54 Å². The van der Waals surface area contributed by atoms with E-state index in [1.54, 1.807) is 24.3 Å². The van der Waals surface area contributed by atoms with Crippen LogP contribution in [0.25, 0.3) is 0 Å². The minimum absolute atomic E-state index is 0.108. The first kappa shape index (κ1) is 15.8. The standard InChI is InChI=1S/C13H17F4NO/c1-2-7-19-11-5-3-10(4-6-11)8-18-9-13(16,17)12(14)15/h3-6,12,18H,2,7-9H2,1H3. The third kappa shape index (κ3) is 5.46. The summed E-state index contributed by atoms with van der Waals surface area (Å²) in [4.78, 5) is 0. The van der Waals surface area contributed by atoms with Crippen molar-refractivity contribution in [1.82, 2.24) is 5.32 Å². The molecule has 2 nitrogen and oxygen atoms in total. The van der Waals surface area contributed by atoms with Gasteiger partial charge in [0.2, 0.25) is 0 Å². The Kier molecular flexibility index (Phi) is 6.08. The summed E-state index contributed by atoms with van der Waals surface area (Å²) in [7, 11) is 0. The molecule has 0 heterocycles. The van der Waals surface area contributed by atoms with Gasteiger partial charge < -0.3 is 10.1 Å². The summed E-state index contributed by atoms with van der Waals surface area (Å²) >= 11 is 0. The molecule has 19 heavy (non-hydrogen) atoms. The largest absolute Gasteiger partial charge is 0.494 e. The quantitative estimate of drug-likeness (QED) is 0.736. The Bertz CT molecular complexity index is 367. The number of nitrogens with one attached hydrogen (secondary N) is 1. The predicted octanol–water partition coefficient (Wildman–Crippen LogP) is 3.47. The summed E-state index contributed by atoms with van der Waals surface area (Å²) in [5, 5.41) is 2.32. The van der Waals surface area contributed by atoms with E-state index < -0.39 is 18.9 Å². The Morgan fingerprint density at radius 3 is 2.37 bits per heavy atom. The summed E-state index contributed by atoms with van der Waals surface area (Å²) in [5.41, 5.74) is 0.730. The maximum atomic E-state index is 12.6. The number of rotatable bonds is 8. The van der Waals surface area contributed by atoms with Gasteiger partial charge >= 0.3 is 12.3 Å². The first-order chi connectivity index (χ1) is 8.95. The molecule has 0 atom stereocenters. The molecule has 1 N–H and O–H groups in total. The van der Waals surface area contributed by atoms with Gasteiger partial charge in [-0.15, -0.1) is 0 Å². The fourth-order valence-electron chi connectivity index (χ4n) is 1.37. The molecular weight excluding hydrogens is 262 g/mol. The molecule has 1 aromatic rings. The molecule has 0 spiro atoms. The van der Waals surface area contributed by atoms with Gasteiger partial charge in [-0.2, -0.15) is 8.78 Å². The molecule has 0 unspecified atom stereocenters. The van der Waals surface area contributed by atoms with E-state index in [-0.39, 0.29) is 6.54 Å². The van der Waals surface area contributed by atoms with Crippen LogP contribution in [0, 0.1) is 0 Å². The molecule has 0 aromatic heterocycles. The molecule has 0 bridgehead atoms. The zero-order valence-corrected chi connectivity index (χ0v) is 10.6. The Hall–Kier alpha value is -1.30. The SMILES string of the molecule is CCCOc1ccc(CNCC(F)(F)C(F)F)cc1. The topological polar surface area (TPSA) is 21.3 Å². The number of alkyl halides is 4. The molecule has 0 radical (unpaired) electrons. The van der Waals surface area contributed by atoms with Crippen LogP contribution in [0.3, 0.4) is 0 Å². The highest BCUT2D eigenvalue weighted by atomic mass is 19.3. The van der Waals surface area contributed by atoms with Crippen molar-refractivity contribution < 1.29 is 22.3 Å². The van der Waals surface area contributed by atoms with E-state index in [0.29, 0.717) is 12.4 Å². The van der Waals surface area contributed by atoms with Crippen molar-refractivity contribution in [2.45, 2.75) is 32.2 Å². The fourth-order valence-corrected chi connectivity index (χ4v) is 1.37. The van der Waals surface area contributed by atoms with E-state index >= 15 is 0 Å². The lowest BCUT2D eigenvalue weighted by atomic mass is 10.2. The van der Waals surface area contributed by atoms with Crippen LogP contribution in [0.1, 0.15) is 18.9 Å². The molecule has 6 heteroatoms. The summed E-state index contributed by atoms with van der Waals surface area (Å²) in [6.07, 6.45) is -2.75. The first-order valence-electron chi connectivity index (χ1n) is 6.04. The van der Waals surface area contributed by atoms with E-state index in [2.05, 4.69) is 5.32 Å². The number of hydrogen-bond donors (Lipinski definition) is 1. The third-order valence-corrected chi connectivity index (χ3v) is 2.41. The summed E-state index contributed by atoms with van der Waals surface area (Å²) in [6.45, 7) is 1.66.